The Hall–Kier alpha value is -2.01. The van der Waals surface area contributed by atoms with E-state index in [-0.39, 0.29) is 23.6 Å². The third kappa shape index (κ3) is 3.09. The van der Waals surface area contributed by atoms with Crippen LogP contribution in [0, 0.1) is 5.92 Å². The first-order chi connectivity index (χ1) is 10.5. The second-order valence-electron chi connectivity index (χ2n) is 5.65. The lowest BCUT2D eigenvalue weighted by Crippen LogP contribution is -2.38. The van der Waals surface area contributed by atoms with E-state index in [1.54, 1.807) is 24.3 Å². The molecule has 1 aromatic heterocycles. The van der Waals surface area contributed by atoms with Crippen LogP contribution < -0.4 is 5.32 Å². The smallest absolute Gasteiger partial charge is 0.306 e. The summed E-state index contributed by atoms with van der Waals surface area (Å²) in [7, 11) is 0. The number of carboxylic acids is 1. The van der Waals surface area contributed by atoms with E-state index in [4.69, 9.17) is 21.1 Å². The highest BCUT2D eigenvalue weighted by atomic mass is 35.5. The average Bonchev–Trinajstić information content (AvgIpc) is 2.91. The summed E-state index contributed by atoms with van der Waals surface area (Å²) >= 11 is 5.91. The summed E-state index contributed by atoms with van der Waals surface area (Å²) in [5, 5.41) is 13.3. The molecule has 2 aromatic rings. The molecular weight excluding hydrogens is 306 g/mol. The zero-order valence-electron chi connectivity index (χ0n) is 11.8. The topological polar surface area (TPSA) is 79.5 Å². The molecule has 1 saturated carbocycles. The third-order valence-electron chi connectivity index (χ3n) is 4.11. The molecule has 1 amide bonds. The zero-order chi connectivity index (χ0) is 15.7. The van der Waals surface area contributed by atoms with Crippen molar-refractivity contribution in [3.63, 3.8) is 0 Å². The van der Waals surface area contributed by atoms with Crippen molar-refractivity contribution >= 4 is 34.4 Å². The second kappa shape index (κ2) is 6.01. The molecular formula is C16H16ClNO4. The van der Waals surface area contributed by atoms with Crippen LogP contribution in [-0.2, 0) is 4.79 Å². The number of hydrogen-bond donors (Lipinski definition) is 2. The van der Waals surface area contributed by atoms with Crippen molar-refractivity contribution in [1.29, 1.82) is 0 Å². The van der Waals surface area contributed by atoms with E-state index < -0.39 is 5.97 Å². The van der Waals surface area contributed by atoms with E-state index in [9.17, 15) is 9.59 Å². The maximum atomic E-state index is 12.2. The van der Waals surface area contributed by atoms with Crippen LogP contribution in [-0.4, -0.2) is 23.0 Å². The molecule has 22 heavy (non-hydrogen) atoms. The Morgan fingerprint density at radius 2 is 1.91 bits per heavy atom. The summed E-state index contributed by atoms with van der Waals surface area (Å²) in [6, 6.07) is 6.85. The van der Waals surface area contributed by atoms with E-state index in [1.165, 1.54) is 0 Å². The first-order valence-electron chi connectivity index (χ1n) is 7.25. The number of rotatable bonds is 3. The average molecular weight is 322 g/mol. The van der Waals surface area contributed by atoms with Crippen LogP contribution in [0.1, 0.15) is 36.2 Å². The van der Waals surface area contributed by atoms with Gasteiger partial charge in [0.2, 0.25) is 0 Å². The van der Waals surface area contributed by atoms with Gasteiger partial charge in [0.15, 0.2) is 5.76 Å². The quantitative estimate of drug-likeness (QED) is 0.907. The van der Waals surface area contributed by atoms with Crippen molar-refractivity contribution in [2.24, 2.45) is 5.92 Å². The van der Waals surface area contributed by atoms with E-state index in [0.29, 0.717) is 36.3 Å². The highest BCUT2D eigenvalue weighted by Gasteiger charge is 2.27. The minimum Gasteiger partial charge on any atom is -0.481 e. The number of halogens is 1. The molecule has 116 valence electrons. The predicted molar refractivity (Wildman–Crippen MR) is 82.1 cm³/mol. The fourth-order valence-electron chi connectivity index (χ4n) is 2.87. The Labute approximate surface area is 132 Å². The Balaban J connectivity index is 1.65. The summed E-state index contributed by atoms with van der Waals surface area (Å²) in [6.45, 7) is 0. The molecule has 0 atom stereocenters. The molecule has 6 heteroatoms. The molecule has 0 unspecified atom stereocenters. The maximum Gasteiger partial charge on any atom is 0.306 e. The van der Waals surface area contributed by atoms with Crippen molar-refractivity contribution in [1.82, 2.24) is 5.32 Å². The van der Waals surface area contributed by atoms with Gasteiger partial charge in [-0.3, -0.25) is 9.59 Å². The highest BCUT2D eigenvalue weighted by molar-refractivity contribution is 6.31. The Morgan fingerprint density at radius 3 is 2.59 bits per heavy atom. The number of fused-ring (bicyclic) bond motifs is 1. The lowest BCUT2D eigenvalue weighted by molar-refractivity contribution is -0.142. The molecule has 0 aliphatic heterocycles. The van der Waals surface area contributed by atoms with Crippen molar-refractivity contribution in [3.8, 4) is 0 Å². The van der Waals surface area contributed by atoms with Gasteiger partial charge in [-0.2, -0.15) is 0 Å². The number of carbonyl (C=O) groups excluding carboxylic acids is 1. The standard InChI is InChI=1S/C16H16ClNO4/c17-11-3-6-13-10(7-11)8-14(22-13)15(19)18-12-4-1-9(2-5-12)16(20)21/h3,6-9,12H,1-2,4-5H2,(H,18,19)(H,20,21). The number of hydrogen-bond acceptors (Lipinski definition) is 3. The highest BCUT2D eigenvalue weighted by Crippen LogP contribution is 2.26. The number of nitrogens with one attached hydrogen (secondary N) is 1. The normalized spacial score (nSPS) is 21.7. The SMILES string of the molecule is O=C(NC1CCC(C(=O)O)CC1)c1cc2cc(Cl)ccc2o1. The number of amides is 1. The molecule has 2 N–H and O–H groups in total. The number of carboxylic acid groups (broad SMARTS) is 1. The predicted octanol–water partition coefficient (Wildman–Crippen LogP) is 3.46. The van der Waals surface area contributed by atoms with Gasteiger partial charge in [0.25, 0.3) is 5.91 Å². The maximum absolute atomic E-state index is 12.2. The van der Waals surface area contributed by atoms with Gasteiger partial charge in [-0.05, 0) is 49.9 Å². The molecule has 0 radical (unpaired) electrons. The summed E-state index contributed by atoms with van der Waals surface area (Å²) in [5.41, 5.74) is 0.615. The van der Waals surface area contributed by atoms with Crippen molar-refractivity contribution in [2.45, 2.75) is 31.7 Å². The fraction of sp³-hybridized carbons (Fsp3) is 0.375. The number of carbonyl (C=O) groups is 2. The molecule has 1 aliphatic carbocycles. The van der Waals surface area contributed by atoms with Crippen LogP contribution in [0.5, 0.6) is 0 Å². The van der Waals surface area contributed by atoms with Gasteiger partial charge < -0.3 is 14.8 Å². The molecule has 1 aliphatic rings. The molecule has 3 rings (SSSR count). The number of benzene rings is 1. The van der Waals surface area contributed by atoms with E-state index in [0.717, 1.165) is 5.39 Å². The van der Waals surface area contributed by atoms with Crippen molar-refractivity contribution in [2.75, 3.05) is 0 Å². The Kier molecular flexibility index (Phi) is 4.07. The number of aliphatic carboxylic acids is 1. The molecule has 1 aromatic carbocycles. The Morgan fingerprint density at radius 1 is 1.18 bits per heavy atom. The lowest BCUT2D eigenvalue weighted by Gasteiger charge is -2.26. The first kappa shape index (κ1) is 14.9. The van der Waals surface area contributed by atoms with E-state index in [1.807, 2.05) is 0 Å². The van der Waals surface area contributed by atoms with Gasteiger partial charge in [-0.1, -0.05) is 11.6 Å². The number of furan rings is 1. The Bertz CT molecular complexity index is 716. The lowest BCUT2D eigenvalue weighted by atomic mass is 9.86. The van der Waals surface area contributed by atoms with Crippen LogP contribution >= 0.6 is 11.6 Å². The minimum atomic E-state index is -0.751. The van der Waals surface area contributed by atoms with Crippen LogP contribution in [0.25, 0.3) is 11.0 Å². The van der Waals surface area contributed by atoms with E-state index >= 15 is 0 Å². The molecule has 0 saturated heterocycles. The summed E-state index contributed by atoms with van der Waals surface area (Å²) < 4.78 is 5.52. The summed E-state index contributed by atoms with van der Waals surface area (Å²) in [5.74, 6) is -1.07. The van der Waals surface area contributed by atoms with Crippen LogP contribution in [0.15, 0.2) is 28.7 Å². The van der Waals surface area contributed by atoms with Gasteiger partial charge in [0.05, 0.1) is 5.92 Å². The first-order valence-corrected chi connectivity index (χ1v) is 7.63. The van der Waals surface area contributed by atoms with Crippen molar-refractivity contribution in [3.05, 3.63) is 35.0 Å². The van der Waals surface area contributed by atoms with Gasteiger partial charge in [-0.15, -0.1) is 0 Å². The summed E-state index contributed by atoms with van der Waals surface area (Å²) in [4.78, 5) is 23.1. The zero-order valence-corrected chi connectivity index (χ0v) is 12.6. The van der Waals surface area contributed by atoms with Gasteiger partial charge in [0.1, 0.15) is 5.58 Å². The van der Waals surface area contributed by atoms with Crippen LogP contribution in [0.2, 0.25) is 5.02 Å². The molecule has 0 spiro atoms. The van der Waals surface area contributed by atoms with Crippen LogP contribution in [0.4, 0.5) is 0 Å². The van der Waals surface area contributed by atoms with Gasteiger partial charge in [0, 0.05) is 16.5 Å². The monoisotopic (exact) mass is 321 g/mol. The molecule has 0 bridgehead atoms. The minimum absolute atomic E-state index is 0.0000924. The van der Waals surface area contributed by atoms with Gasteiger partial charge in [-0.25, -0.2) is 0 Å². The summed E-state index contributed by atoms with van der Waals surface area (Å²) in [6.07, 6.45) is 2.54. The molecule has 1 heterocycles. The largest absolute Gasteiger partial charge is 0.481 e. The fourth-order valence-corrected chi connectivity index (χ4v) is 3.05. The molecule has 1 fully saturated rings. The van der Waals surface area contributed by atoms with Gasteiger partial charge >= 0.3 is 5.97 Å². The third-order valence-corrected chi connectivity index (χ3v) is 4.35. The molecule has 5 nitrogen and oxygen atoms in total. The van der Waals surface area contributed by atoms with Crippen molar-refractivity contribution < 1.29 is 19.1 Å². The second-order valence-corrected chi connectivity index (χ2v) is 6.09. The van der Waals surface area contributed by atoms with Crippen LogP contribution in [0.3, 0.4) is 0 Å². The van der Waals surface area contributed by atoms with E-state index in [2.05, 4.69) is 5.32 Å².